The maximum atomic E-state index is 5.49. The van der Waals surface area contributed by atoms with Gasteiger partial charge in [-0.15, -0.1) is 22.2 Å². The van der Waals surface area contributed by atoms with Crippen LogP contribution in [-0.4, -0.2) is 7.42 Å². The van der Waals surface area contributed by atoms with Gasteiger partial charge in [0.25, 0.3) is 7.42 Å². The fourth-order valence-electron chi connectivity index (χ4n) is 0.339. The highest BCUT2D eigenvalue weighted by atomic mass is 35.7. The first-order valence-corrected chi connectivity index (χ1v) is 6.22. The summed E-state index contributed by atoms with van der Waals surface area (Å²) in [4.78, 5) is 0. The van der Waals surface area contributed by atoms with Crippen LogP contribution in [0.5, 0.6) is 0 Å². The molecule has 0 heterocycles. The van der Waals surface area contributed by atoms with E-state index < -0.39 is 7.42 Å². The lowest BCUT2D eigenvalue weighted by Gasteiger charge is -1.83. The zero-order valence-electron chi connectivity index (χ0n) is 4.82. The number of unbranched alkanes of at least 4 members (excludes halogenated alkanes) is 1. The zero-order valence-corrected chi connectivity index (χ0v) is 7.34. The standard InChI is InChI=1S/C5H9Cl2Si/c1-2-3-4-5-8(6)7/h4-5H,2-3H2,1H3. The molecule has 0 aromatic carbocycles. The van der Waals surface area contributed by atoms with E-state index >= 15 is 0 Å². The van der Waals surface area contributed by atoms with Crippen molar-refractivity contribution in [2.45, 2.75) is 19.8 Å². The van der Waals surface area contributed by atoms with Crippen LogP contribution >= 0.6 is 22.2 Å². The molecule has 0 N–H and O–H groups in total. The van der Waals surface area contributed by atoms with Gasteiger partial charge in [-0.25, -0.2) is 0 Å². The number of rotatable bonds is 3. The lowest BCUT2D eigenvalue weighted by Crippen LogP contribution is -1.82. The summed E-state index contributed by atoms with van der Waals surface area (Å²) in [7, 11) is -1.14. The molecule has 0 atom stereocenters. The minimum atomic E-state index is -1.14. The van der Waals surface area contributed by atoms with Crippen LogP contribution in [0.15, 0.2) is 11.8 Å². The van der Waals surface area contributed by atoms with E-state index in [1.165, 1.54) is 6.42 Å². The van der Waals surface area contributed by atoms with Gasteiger partial charge in [-0.2, -0.15) is 0 Å². The second-order valence-electron chi connectivity index (χ2n) is 1.48. The van der Waals surface area contributed by atoms with E-state index in [1.807, 2.05) is 11.8 Å². The summed E-state index contributed by atoms with van der Waals surface area (Å²) in [5.41, 5.74) is 1.89. The van der Waals surface area contributed by atoms with Crippen LogP contribution in [0.3, 0.4) is 0 Å². The first kappa shape index (κ1) is 8.54. The predicted octanol–water partition coefficient (Wildman–Crippen LogP) is 2.85. The molecular formula is C5H9Cl2Si. The Hall–Kier alpha value is 0.537. The van der Waals surface area contributed by atoms with Gasteiger partial charge in [-0.1, -0.05) is 25.1 Å². The summed E-state index contributed by atoms with van der Waals surface area (Å²) in [6.45, 7) is 2.12. The normalized spacial score (nSPS) is 11.5. The monoisotopic (exact) mass is 167 g/mol. The molecule has 0 amide bonds. The SMILES string of the molecule is CCCC=C[Si](Cl)Cl. The highest BCUT2D eigenvalue weighted by molar-refractivity contribution is 7.36. The summed E-state index contributed by atoms with van der Waals surface area (Å²) in [6, 6.07) is 0. The van der Waals surface area contributed by atoms with E-state index in [-0.39, 0.29) is 0 Å². The molecular weight excluding hydrogens is 159 g/mol. The van der Waals surface area contributed by atoms with Crippen LogP contribution in [0, 0.1) is 0 Å². The van der Waals surface area contributed by atoms with Crippen molar-refractivity contribution in [1.82, 2.24) is 0 Å². The van der Waals surface area contributed by atoms with Gasteiger partial charge in [0.1, 0.15) is 0 Å². The highest BCUT2D eigenvalue weighted by Gasteiger charge is 1.91. The summed E-state index contributed by atoms with van der Waals surface area (Å²) in [5, 5.41) is 0. The van der Waals surface area contributed by atoms with Crippen molar-refractivity contribution >= 4 is 29.6 Å². The molecule has 0 aliphatic carbocycles. The molecule has 3 heteroatoms. The Morgan fingerprint density at radius 1 is 1.50 bits per heavy atom. The summed E-state index contributed by atoms with van der Waals surface area (Å²) in [5.74, 6) is 0. The lowest BCUT2D eigenvalue weighted by molar-refractivity contribution is 0.960. The maximum absolute atomic E-state index is 5.49. The number of halogens is 2. The van der Waals surface area contributed by atoms with Crippen LogP contribution in [0.1, 0.15) is 19.8 Å². The molecule has 0 bridgehead atoms. The molecule has 1 radical (unpaired) electrons. The van der Waals surface area contributed by atoms with E-state index in [0.29, 0.717) is 0 Å². The van der Waals surface area contributed by atoms with Crippen molar-refractivity contribution in [1.29, 1.82) is 0 Å². The third kappa shape index (κ3) is 6.54. The van der Waals surface area contributed by atoms with Crippen molar-refractivity contribution in [2.24, 2.45) is 0 Å². The minimum absolute atomic E-state index is 1.09. The number of allylic oxidation sites excluding steroid dienone is 1. The van der Waals surface area contributed by atoms with Crippen molar-refractivity contribution < 1.29 is 0 Å². The summed E-state index contributed by atoms with van der Waals surface area (Å²) in [6.07, 6.45) is 4.29. The Balaban J connectivity index is 3.07. The molecule has 0 aliphatic rings. The van der Waals surface area contributed by atoms with Crippen LogP contribution in [0.2, 0.25) is 0 Å². The first-order chi connectivity index (χ1) is 3.77. The van der Waals surface area contributed by atoms with E-state index in [4.69, 9.17) is 22.2 Å². The molecule has 0 saturated heterocycles. The fraction of sp³-hybridized carbons (Fsp3) is 0.600. The third-order valence-corrected chi connectivity index (χ3v) is 1.94. The summed E-state index contributed by atoms with van der Waals surface area (Å²) >= 11 is 11.0. The Labute approximate surface area is 61.5 Å². The van der Waals surface area contributed by atoms with Crippen molar-refractivity contribution in [2.75, 3.05) is 0 Å². The van der Waals surface area contributed by atoms with Gasteiger partial charge in [-0.05, 0) is 6.42 Å². The molecule has 0 aliphatic heterocycles. The number of hydrogen-bond donors (Lipinski definition) is 0. The molecule has 0 rings (SSSR count). The second kappa shape index (κ2) is 5.67. The van der Waals surface area contributed by atoms with Crippen LogP contribution in [0.25, 0.3) is 0 Å². The Kier molecular flexibility index (Phi) is 6.05. The number of hydrogen-bond acceptors (Lipinski definition) is 0. The Bertz CT molecular complexity index is 70.8. The zero-order chi connectivity index (χ0) is 6.41. The quantitative estimate of drug-likeness (QED) is 0.449. The molecule has 0 aromatic rings. The second-order valence-corrected chi connectivity index (χ2v) is 5.42. The van der Waals surface area contributed by atoms with Crippen molar-refractivity contribution in [3.8, 4) is 0 Å². The fourth-order valence-corrected chi connectivity index (χ4v) is 1.22. The third-order valence-electron chi connectivity index (χ3n) is 0.699. The Morgan fingerprint density at radius 3 is 2.50 bits per heavy atom. The molecule has 47 valence electrons. The molecule has 0 unspecified atom stereocenters. The van der Waals surface area contributed by atoms with Crippen molar-refractivity contribution in [3.63, 3.8) is 0 Å². The average Bonchev–Trinajstić information content (AvgIpc) is 1.66. The predicted molar refractivity (Wildman–Crippen MR) is 41.5 cm³/mol. The molecule has 0 fully saturated rings. The molecule has 0 spiro atoms. The summed E-state index contributed by atoms with van der Waals surface area (Å²) < 4.78 is 0. The molecule has 0 saturated carbocycles. The molecule has 0 nitrogen and oxygen atoms in total. The van der Waals surface area contributed by atoms with Crippen LogP contribution < -0.4 is 0 Å². The Morgan fingerprint density at radius 2 is 2.12 bits per heavy atom. The van der Waals surface area contributed by atoms with Gasteiger partial charge in [-0.3, -0.25) is 0 Å². The van der Waals surface area contributed by atoms with Gasteiger partial charge in [0.15, 0.2) is 0 Å². The smallest absolute Gasteiger partial charge is 0.141 e. The highest BCUT2D eigenvalue weighted by Crippen LogP contribution is 1.98. The largest absolute Gasteiger partial charge is 0.299 e. The van der Waals surface area contributed by atoms with E-state index in [9.17, 15) is 0 Å². The van der Waals surface area contributed by atoms with Crippen molar-refractivity contribution in [3.05, 3.63) is 11.8 Å². The van der Waals surface area contributed by atoms with Crippen LogP contribution in [-0.2, 0) is 0 Å². The van der Waals surface area contributed by atoms with Gasteiger partial charge in [0.05, 0.1) is 0 Å². The van der Waals surface area contributed by atoms with E-state index in [1.54, 1.807) is 0 Å². The lowest BCUT2D eigenvalue weighted by atomic mass is 10.3. The molecule has 0 aromatic heterocycles. The first-order valence-electron chi connectivity index (χ1n) is 2.62. The van der Waals surface area contributed by atoms with Gasteiger partial charge in [0.2, 0.25) is 0 Å². The van der Waals surface area contributed by atoms with Crippen LogP contribution in [0.4, 0.5) is 0 Å². The van der Waals surface area contributed by atoms with E-state index in [2.05, 4.69) is 6.92 Å². The van der Waals surface area contributed by atoms with Gasteiger partial charge < -0.3 is 0 Å². The van der Waals surface area contributed by atoms with Gasteiger partial charge in [0, 0.05) is 0 Å². The topological polar surface area (TPSA) is 0 Å². The maximum Gasteiger partial charge on any atom is 0.299 e. The molecule has 8 heavy (non-hydrogen) atoms. The average molecular weight is 168 g/mol. The van der Waals surface area contributed by atoms with E-state index in [0.717, 1.165) is 6.42 Å². The van der Waals surface area contributed by atoms with Gasteiger partial charge >= 0.3 is 0 Å². The minimum Gasteiger partial charge on any atom is -0.141 e.